The van der Waals surface area contributed by atoms with E-state index in [1.54, 1.807) is 13.8 Å². The largest absolute Gasteiger partial charge is 0.481 e. The van der Waals surface area contributed by atoms with Crippen molar-refractivity contribution in [3.05, 3.63) is 18.2 Å². The first kappa shape index (κ1) is 58.2. The quantitative estimate of drug-likeness (QED) is 0.0340. The van der Waals surface area contributed by atoms with Crippen LogP contribution >= 0.6 is 0 Å². The van der Waals surface area contributed by atoms with Crippen molar-refractivity contribution >= 4 is 65.2 Å². The third-order valence-corrected chi connectivity index (χ3v) is 9.56. The van der Waals surface area contributed by atoms with E-state index in [4.69, 9.17) is 10.8 Å². The summed E-state index contributed by atoms with van der Waals surface area (Å²) in [7, 11) is 0. The van der Waals surface area contributed by atoms with E-state index in [1.807, 2.05) is 0 Å². The molecular weight excluding hydrogens is 898 g/mol. The predicted octanol–water partition coefficient (Wildman–Crippen LogP) is -7.61. The van der Waals surface area contributed by atoms with Crippen LogP contribution in [0.25, 0.3) is 0 Å². The van der Waals surface area contributed by atoms with Crippen molar-refractivity contribution in [1.29, 1.82) is 0 Å². The highest BCUT2D eigenvalue weighted by Gasteiger charge is 2.37. The number of carboxylic acids is 3. The van der Waals surface area contributed by atoms with Crippen molar-refractivity contribution in [1.82, 2.24) is 52.5 Å². The Morgan fingerprint density at radius 3 is 1.40 bits per heavy atom. The molecule has 1 aromatic heterocycles. The molecule has 0 aliphatic heterocycles. The van der Waals surface area contributed by atoms with E-state index in [2.05, 4.69) is 52.5 Å². The maximum absolute atomic E-state index is 13.5. The summed E-state index contributed by atoms with van der Waals surface area (Å²) in [6, 6.07) is -13.6. The van der Waals surface area contributed by atoms with Gasteiger partial charge in [-0.3, -0.25) is 47.9 Å². The van der Waals surface area contributed by atoms with Gasteiger partial charge in [-0.05, 0) is 39.5 Å². The van der Waals surface area contributed by atoms with Crippen LogP contribution in [0.1, 0.15) is 66.0 Å². The molecule has 29 heteroatoms. The van der Waals surface area contributed by atoms with E-state index in [0.717, 1.165) is 20.8 Å². The van der Waals surface area contributed by atoms with E-state index in [1.165, 1.54) is 12.5 Å². The molecule has 0 saturated carbocycles. The molecule has 67 heavy (non-hydrogen) atoms. The summed E-state index contributed by atoms with van der Waals surface area (Å²) in [5.74, 6) is -14.0. The Morgan fingerprint density at radius 1 is 0.582 bits per heavy atom. The van der Waals surface area contributed by atoms with Crippen molar-refractivity contribution in [2.75, 3.05) is 13.2 Å². The SMILES string of the molecule is CC(C)[C@H](NC(=O)CNC(=O)[C@@H](NC(=O)[C@@H](NC(=O)[C@@H](NC(=O)[C@H](CCC(=O)O)NC(=O)[C@H](CCC(=O)O)NC(=O)[C@@H](N)CO)[C@@H](C)O)[C@@H](C)O)[C@@H](C)O)C(=O)N[C@@H](Cc1cnc[nH]1)C(=O)O. The number of imidazole rings is 1. The number of nitrogens with zero attached hydrogens (tertiary/aromatic N) is 1. The highest BCUT2D eigenvalue weighted by atomic mass is 16.4. The van der Waals surface area contributed by atoms with Crippen LogP contribution in [0, 0.1) is 5.92 Å². The van der Waals surface area contributed by atoms with Gasteiger partial charge in [-0.25, -0.2) is 9.78 Å². The van der Waals surface area contributed by atoms with Gasteiger partial charge < -0.3 is 89.0 Å². The molecule has 11 atom stereocenters. The molecule has 1 aromatic rings. The number of carbonyl (C=O) groups is 11. The lowest BCUT2D eigenvalue weighted by atomic mass is 10.0. The number of H-pyrrole nitrogens is 1. The second-order valence-electron chi connectivity index (χ2n) is 15.6. The molecule has 8 amide bonds. The second-order valence-corrected chi connectivity index (χ2v) is 15.6. The molecule has 376 valence electrons. The number of aliphatic hydroxyl groups is 4. The zero-order chi connectivity index (χ0) is 51.3. The lowest BCUT2D eigenvalue weighted by molar-refractivity contribution is -0.142. The number of aromatic nitrogens is 2. The van der Waals surface area contributed by atoms with Crippen molar-refractivity contribution < 1.29 is 88.5 Å². The fourth-order valence-corrected chi connectivity index (χ4v) is 5.78. The number of nitrogens with one attached hydrogen (secondary N) is 9. The van der Waals surface area contributed by atoms with Crippen LogP contribution in [0.2, 0.25) is 0 Å². The van der Waals surface area contributed by atoms with Crippen LogP contribution in [-0.2, 0) is 59.2 Å². The van der Waals surface area contributed by atoms with Crippen molar-refractivity contribution in [2.24, 2.45) is 11.7 Å². The first-order valence-corrected chi connectivity index (χ1v) is 20.6. The standard InChI is InChI=1S/C38H61N11O18/c1-15(2)27(35(63)45-23(38(66)67)10-19-11-40-14-42-19)46-24(54)12-41-34(62)28(16(3)51)48-37(65)30(18(5)53)49-36(64)29(17(4)52)47-33(61)22(7-9-26(57)58)44-32(60)21(6-8-25(55)56)43-31(59)20(39)13-50/h11,14-18,20-23,27-30,50-53H,6-10,12-13,39H2,1-5H3,(H,40,42)(H,41,62)(H,43,59)(H,44,60)(H,45,63)(H,46,54)(H,47,61)(H,48,65)(H,49,64)(H,55,56)(H,57,58)(H,66,67)/t16-,17-,18-,20+,21+,22+,23+,27+,28+,29+,30+/m1/s1. The van der Waals surface area contributed by atoms with Gasteiger partial charge in [0.05, 0.1) is 37.8 Å². The summed E-state index contributed by atoms with van der Waals surface area (Å²) in [5, 5.41) is 85.9. The molecule has 0 fully saturated rings. The molecule has 0 aromatic carbocycles. The number of aliphatic carboxylic acids is 3. The summed E-state index contributed by atoms with van der Waals surface area (Å²) in [6.07, 6.45) is -5.43. The minimum absolute atomic E-state index is 0.161. The molecule has 0 unspecified atom stereocenters. The summed E-state index contributed by atoms with van der Waals surface area (Å²) >= 11 is 0. The van der Waals surface area contributed by atoms with Gasteiger partial charge in [-0.1, -0.05) is 13.8 Å². The normalized spacial score (nSPS) is 16.0. The number of aromatic amines is 1. The number of amides is 8. The number of hydrogen-bond acceptors (Lipinski definition) is 17. The zero-order valence-electron chi connectivity index (χ0n) is 37.2. The lowest BCUT2D eigenvalue weighted by Crippen LogP contribution is -2.64. The maximum atomic E-state index is 13.5. The summed E-state index contributed by atoms with van der Waals surface area (Å²) in [6.45, 7) is 4.49. The van der Waals surface area contributed by atoms with Gasteiger partial charge in [0, 0.05) is 31.2 Å². The minimum atomic E-state index is -2.01. The first-order valence-electron chi connectivity index (χ1n) is 20.6. The minimum Gasteiger partial charge on any atom is -0.481 e. The topological polar surface area (TPSA) is 480 Å². The van der Waals surface area contributed by atoms with E-state index in [0.29, 0.717) is 5.69 Å². The average molecular weight is 960 g/mol. The van der Waals surface area contributed by atoms with Crippen LogP contribution in [0.15, 0.2) is 12.5 Å². The Kier molecular flexibility index (Phi) is 24.6. The predicted molar refractivity (Wildman–Crippen MR) is 225 cm³/mol. The van der Waals surface area contributed by atoms with Crippen LogP contribution in [0.5, 0.6) is 0 Å². The lowest BCUT2D eigenvalue weighted by Gasteiger charge is -2.29. The highest BCUT2D eigenvalue weighted by molar-refractivity contribution is 5.98. The Hall–Kier alpha value is -6.82. The Balaban J connectivity index is 3.14. The van der Waals surface area contributed by atoms with Crippen LogP contribution in [0.3, 0.4) is 0 Å². The fourth-order valence-electron chi connectivity index (χ4n) is 5.78. The number of rotatable bonds is 30. The summed E-state index contributed by atoms with van der Waals surface area (Å²) < 4.78 is 0. The number of carboxylic acid groups (broad SMARTS) is 3. The summed E-state index contributed by atoms with van der Waals surface area (Å²) in [5.41, 5.74) is 5.86. The molecule has 18 N–H and O–H groups in total. The van der Waals surface area contributed by atoms with Gasteiger partial charge in [0.2, 0.25) is 47.3 Å². The van der Waals surface area contributed by atoms with E-state index >= 15 is 0 Å². The number of carbonyl (C=O) groups excluding carboxylic acids is 8. The van der Waals surface area contributed by atoms with Gasteiger partial charge in [0.1, 0.15) is 48.3 Å². The van der Waals surface area contributed by atoms with Gasteiger partial charge in [-0.2, -0.15) is 0 Å². The van der Waals surface area contributed by atoms with E-state index in [9.17, 15) is 83.4 Å². The number of nitrogens with two attached hydrogens (primary N) is 1. The Labute approximate surface area is 382 Å². The fraction of sp³-hybridized carbons (Fsp3) is 0.632. The molecule has 0 aliphatic carbocycles. The smallest absolute Gasteiger partial charge is 0.326 e. The summed E-state index contributed by atoms with van der Waals surface area (Å²) in [4.78, 5) is 146. The molecule has 0 radical (unpaired) electrons. The molecule has 0 spiro atoms. The van der Waals surface area contributed by atoms with Crippen molar-refractivity contribution in [3.8, 4) is 0 Å². The third-order valence-electron chi connectivity index (χ3n) is 9.56. The van der Waals surface area contributed by atoms with Gasteiger partial charge in [0.15, 0.2) is 0 Å². The highest BCUT2D eigenvalue weighted by Crippen LogP contribution is 2.08. The van der Waals surface area contributed by atoms with Gasteiger partial charge in [-0.15, -0.1) is 0 Å². The zero-order valence-corrected chi connectivity index (χ0v) is 37.2. The third kappa shape index (κ3) is 20.5. The number of aliphatic hydroxyl groups excluding tert-OH is 4. The van der Waals surface area contributed by atoms with Gasteiger partial charge in [0.25, 0.3) is 0 Å². The molecule has 1 rings (SSSR count). The van der Waals surface area contributed by atoms with Gasteiger partial charge >= 0.3 is 17.9 Å². The molecule has 0 saturated heterocycles. The Morgan fingerprint density at radius 2 is 1.00 bits per heavy atom. The Bertz CT molecular complexity index is 1890. The monoisotopic (exact) mass is 959 g/mol. The number of hydrogen-bond donors (Lipinski definition) is 17. The molecule has 0 bridgehead atoms. The molecule has 1 heterocycles. The second kappa shape index (κ2) is 28.3. The maximum Gasteiger partial charge on any atom is 0.326 e. The molecule has 0 aliphatic rings. The van der Waals surface area contributed by atoms with Crippen molar-refractivity contribution in [2.45, 2.75) is 133 Å². The molecular formula is C38H61N11O18. The first-order chi connectivity index (χ1) is 31.2. The van der Waals surface area contributed by atoms with Crippen LogP contribution in [0.4, 0.5) is 0 Å². The average Bonchev–Trinajstić information content (AvgIpc) is 3.76. The molecule has 29 nitrogen and oxygen atoms in total. The van der Waals surface area contributed by atoms with Crippen LogP contribution in [-0.4, -0.2) is 191 Å². The van der Waals surface area contributed by atoms with E-state index in [-0.39, 0.29) is 6.42 Å². The van der Waals surface area contributed by atoms with E-state index < -0.39 is 177 Å². The van der Waals surface area contributed by atoms with Crippen LogP contribution < -0.4 is 48.3 Å². The van der Waals surface area contributed by atoms with Crippen molar-refractivity contribution in [3.63, 3.8) is 0 Å².